The molecule has 2 N–H and O–H groups in total. The number of ether oxygens (including phenoxy) is 1. The van der Waals surface area contributed by atoms with Crippen LogP contribution in [-0.4, -0.2) is 27.8 Å². The van der Waals surface area contributed by atoms with Crippen LogP contribution in [0.15, 0.2) is 84.9 Å². The lowest BCUT2D eigenvalue weighted by molar-refractivity contribution is 0.102. The number of benzene rings is 3. The van der Waals surface area contributed by atoms with Crippen molar-refractivity contribution in [2.75, 3.05) is 17.7 Å². The Bertz CT molecular complexity index is 1320. The molecule has 0 unspecified atom stereocenters. The number of hydrogen-bond acceptors (Lipinski definition) is 5. The Kier molecular flexibility index (Phi) is 5.54. The van der Waals surface area contributed by atoms with Crippen molar-refractivity contribution in [2.45, 2.75) is 6.04 Å². The fraction of sp³-hybridized carbons (Fsp3) is 0.0800. The fourth-order valence-corrected chi connectivity index (χ4v) is 3.77. The van der Waals surface area contributed by atoms with Gasteiger partial charge in [0.15, 0.2) is 0 Å². The molecule has 164 valence electrons. The lowest BCUT2D eigenvalue weighted by Gasteiger charge is -2.24. The largest absolute Gasteiger partial charge is 0.497 e. The molecule has 2 heterocycles. The molecule has 0 saturated carbocycles. The van der Waals surface area contributed by atoms with Crippen LogP contribution in [0.1, 0.15) is 27.5 Å². The molecular weight excluding hydrogens is 438 g/mol. The topological polar surface area (TPSA) is 81.1 Å². The van der Waals surface area contributed by atoms with Gasteiger partial charge in [0.25, 0.3) is 11.9 Å². The third-order valence-electron chi connectivity index (χ3n) is 5.34. The van der Waals surface area contributed by atoms with Gasteiger partial charge in [-0.2, -0.15) is 4.98 Å². The Morgan fingerprint density at radius 1 is 1.03 bits per heavy atom. The molecule has 4 aromatic rings. The number of anilines is 2. The van der Waals surface area contributed by atoms with Crippen molar-refractivity contribution in [3.63, 3.8) is 0 Å². The zero-order chi connectivity index (χ0) is 22.8. The highest BCUT2D eigenvalue weighted by Gasteiger charge is 2.26. The standard InChI is InChI=1S/C25H20ClN5O2/c1-33-20-13-9-18(10-14-20)23(32)28-24-29-25-27-21(16-5-3-2-4-6-16)15-22(31(25)30-24)17-7-11-19(26)12-8-17/h2-15,22H,1H3,(H2,27,28,29,30,32)/t22-/m1/s1. The van der Waals surface area contributed by atoms with E-state index in [9.17, 15) is 4.79 Å². The minimum atomic E-state index is -0.306. The monoisotopic (exact) mass is 457 g/mol. The number of methoxy groups -OCH3 is 1. The highest BCUT2D eigenvalue weighted by molar-refractivity contribution is 6.30. The minimum Gasteiger partial charge on any atom is -0.497 e. The van der Waals surface area contributed by atoms with E-state index in [1.807, 2.05) is 54.6 Å². The molecule has 0 aliphatic carbocycles. The number of aromatic nitrogens is 3. The van der Waals surface area contributed by atoms with Crippen molar-refractivity contribution in [3.05, 3.63) is 107 Å². The van der Waals surface area contributed by atoms with Crippen molar-refractivity contribution < 1.29 is 9.53 Å². The van der Waals surface area contributed by atoms with Crippen LogP contribution >= 0.6 is 11.6 Å². The molecule has 0 spiro atoms. The number of nitrogens with one attached hydrogen (secondary N) is 2. The van der Waals surface area contributed by atoms with E-state index in [0.717, 1.165) is 16.8 Å². The first-order valence-corrected chi connectivity index (χ1v) is 10.7. The first-order chi connectivity index (χ1) is 16.1. The molecule has 1 aliphatic heterocycles. The minimum absolute atomic E-state index is 0.208. The van der Waals surface area contributed by atoms with Gasteiger partial charge in [0.2, 0.25) is 5.95 Å². The van der Waals surface area contributed by atoms with E-state index in [2.05, 4.69) is 26.8 Å². The van der Waals surface area contributed by atoms with Crippen LogP contribution in [0.3, 0.4) is 0 Å². The van der Waals surface area contributed by atoms with E-state index < -0.39 is 0 Å². The number of allylic oxidation sites excluding steroid dienone is 1. The van der Waals surface area contributed by atoms with E-state index in [-0.39, 0.29) is 17.9 Å². The fourth-order valence-electron chi connectivity index (χ4n) is 3.65. The van der Waals surface area contributed by atoms with Crippen molar-refractivity contribution in [1.82, 2.24) is 14.8 Å². The molecule has 1 atom stereocenters. The number of carbonyl (C=O) groups is 1. The van der Waals surface area contributed by atoms with E-state index in [4.69, 9.17) is 16.3 Å². The van der Waals surface area contributed by atoms with Gasteiger partial charge in [0.1, 0.15) is 11.8 Å². The summed E-state index contributed by atoms with van der Waals surface area (Å²) in [6, 6.07) is 24.2. The second-order valence-corrected chi connectivity index (χ2v) is 7.89. The summed E-state index contributed by atoms with van der Waals surface area (Å²) in [5.74, 6) is 1.11. The van der Waals surface area contributed by atoms with Crippen molar-refractivity contribution >= 4 is 35.1 Å². The summed E-state index contributed by atoms with van der Waals surface area (Å²) in [7, 11) is 1.58. The molecule has 5 rings (SSSR count). The van der Waals surface area contributed by atoms with E-state index >= 15 is 0 Å². The Morgan fingerprint density at radius 2 is 1.76 bits per heavy atom. The normalized spacial score (nSPS) is 14.6. The number of carbonyl (C=O) groups excluding carboxylic acids is 1. The van der Waals surface area contributed by atoms with Crippen LogP contribution in [0.2, 0.25) is 5.02 Å². The number of hydrogen-bond donors (Lipinski definition) is 2. The number of rotatable bonds is 5. The summed E-state index contributed by atoms with van der Waals surface area (Å²) < 4.78 is 6.90. The second kappa shape index (κ2) is 8.80. The van der Waals surface area contributed by atoms with Gasteiger partial charge in [0.05, 0.1) is 7.11 Å². The number of amides is 1. The smallest absolute Gasteiger partial charge is 0.258 e. The van der Waals surface area contributed by atoms with Crippen LogP contribution in [0.4, 0.5) is 11.9 Å². The Balaban J connectivity index is 1.47. The summed E-state index contributed by atoms with van der Waals surface area (Å²) in [5, 5.41) is 11.3. The summed E-state index contributed by atoms with van der Waals surface area (Å²) in [6.07, 6.45) is 2.08. The number of nitrogens with zero attached hydrogens (tertiary/aromatic N) is 3. The summed E-state index contributed by atoms with van der Waals surface area (Å²) >= 11 is 6.10. The van der Waals surface area contributed by atoms with E-state index in [1.165, 1.54) is 0 Å². The summed E-state index contributed by atoms with van der Waals surface area (Å²) in [4.78, 5) is 17.2. The molecule has 1 aromatic heterocycles. The zero-order valence-corrected chi connectivity index (χ0v) is 18.5. The first-order valence-electron chi connectivity index (χ1n) is 10.3. The average Bonchev–Trinajstić information content (AvgIpc) is 3.27. The van der Waals surface area contributed by atoms with Crippen LogP contribution in [0, 0.1) is 0 Å². The highest BCUT2D eigenvalue weighted by atomic mass is 35.5. The van der Waals surface area contributed by atoms with Gasteiger partial charge in [-0.05, 0) is 53.6 Å². The third-order valence-corrected chi connectivity index (χ3v) is 5.59. The highest BCUT2D eigenvalue weighted by Crippen LogP contribution is 2.33. The molecule has 8 heteroatoms. The van der Waals surface area contributed by atoms with Gasteiger partial charge in [0, 0.05) is 16.3 Å². The van der Waals surface area contributed by atoms with Crippen LogP contribution in [0.5, 0.6) is 5.75 Å². The SMILES string of the molecule is COc1ccc(C(=O)Nc2nc3n(n2)[C@@H](c2ccc(Cl)cc2)C=C(c2ccccc2)N3)cc1. The maximum absolute atomic E-state index is 12.7. The van der Waals surface area contributed by atoms with Gasteiger partial charge in [-0.3, -0.25) is 10.1 Å². The molecule has 0 fully saturated rings. The van der Waals surface area contributed by atoms with Gasteiger partial charge in [-0.15, -0.1) is 5.10 Å². The number of halogens is 1. The predicted octanol–water partition coefficient (Wildman–Crippen LogP) is 5.25. The van der Waals surface area contributed by atoms with Gasteiger partial charge >= 0.3 is 0 Å². The van der Waals surface area contributed by atoms with Crippen molar-refractivity contribution in [3.8, 4) is 5.75 Å². The molecule has 3 aromatic carbocycles. The van der Waals surface area contributed by atoms with Gasteiger partial charge in [-0.25, -0.2) is 4.68 Å². The molecule has 0 radical (unpaired) electrons. The second-order valence-electron chi connectivity index (χ2n) is 7.45. The van der Waals surface area contributed by atoms with Crippen LogP contribution < -0.4 is 15.4 Å². The molecule has 7 nitrogen and oxygen atoms in total. The molecule has 0 bridgehead atoms. The Labute approximate surface area is 195 Å². The maximum atomic E-state index is 12.7. The Morgan fingerprint density at radius 3 is 2.45 bits per heavy atom. The average molecular weight is 458 g/mol. The molecular formula is C25H20ClN5O2. The zero-order valence-electron chi connectivity index (χ0n) is 17.7. The lowest BCUT2D eigenvalue weighted by Crippen LogP contribution is -2.20. The van der Waals surface area contributed by atoms with Crippen molar-refractivity contribution in [2.24, 2.45) is 0 Å². The van der Waals surface area contributed by atoms with Crippen LogP contribution in [-0.2, 0) is 0 Å². The van der Waals surface area contributed by atoms with Crippen molar-refractivity contribution in [1.29, 1.82) is 0 Å². The van der Waals surface area contributed by atoms with E-state index in [0.29, 0.717) is 22.3 Å². The predicted molar refractivity (Wildman–Crippen MR) is 129 cm³/mol. The molecule has 1 amide bonds. The molecule has 0 saturated heterocycles. The van der Waals surface area contributed by atoms with Crippen LogP contribution in [0.25, 0.3) is 5.70 Å². The molecule has 33 heavy (non-hydrogen) atoms. The lowest BCUT2D eigenvalue weighted by atomic mass is 10.0. The van der Waals surface area contributed by atoms with E-state index in [1.54, 1.807) is 36.1 Å². The first kappa shape index (κ1) is 20.8. The summed E-state index contributed by atoms with van der Waals surface area (Å²) in [5.41, 5.74) is 3.40. The quantitative estimate of drug-likeness (QED) is 0.428. The van der Waals surface area contributed by atoms with Gasteiger partial charge < -0.3 is 10.1 Å². The Hall–Kier alpha value is -4.10. The van der Waals surface area contributed by atoms with Gasteiger partial charge in [-0.1, -0.05) is 54.1 Å². The third kappa shape index (κ3) is 4.31. The number of fused-ring (bicyclic) bond motifs is 1. The molecule has 1 aliphatic rings. The maximum Gasteiger partial charge on any atom is 0.258 e. The summed E-state index contributed by atoms with van der Waals surface area (Å²) in [6.45, 7) is 0.